The highest BCUT2D eigenvalue weighted by Gasteiger charge is 2.23. The molecular formula is C25H26N4O. The average Bonchev–Trinajstić information content (AvgIpc) is 3.44. The van der Waals surface area contributed by atoms with Crippen LogP contribution in [0.1, 0.15) is 47.3 Å². The first-order valence-corrected chi connectivity index (χ1v) is 10.5. The van der Waals surface area contributed by atoms with Crippen LogP contribution in [0, 0.1) is 24.2 Å². The number of carbonyl (C=O) groups excluding carboxylic acids is 1. The second kappa shape index (κ2) is 8.54. The maximum atomic E-state index is 13.1. The molecule has 30 heavy (non-hydrogen) atoms. The lowest BCUT2D eigenvalue weighted by Crippen LogP contribution is -2.31. The minimum Gasteiger partial charge on any atom is -0.340 e. The number of nitriles is 1. The molecule has 0 atom stereocenters. The predicted octanol–water partition coefficient (Wildman–Crippen LogP) is 4.98. The summed E-state index contributed by atoms with van der Waals surface area (Å²) in [6.45, 7) is 2.83. The van der Waals surface area contributed by atoms with Crippen molar-refractivity contribution < 1.29 is 4.79 Å². The number of rotatable bonds is 5. The van der Waals surface area contributed by atoms with Crippen molar-refractivity contribution in [3.63, 3.8) is 0 Å². The van der Waals surface area contributed by atoms with E-state index < -0.39 is 0 Å². The highest BCUT2D eigenvalue weighted by atomic mass is 16.2. The lowest BCUT2D eigenvalue weighted by molar-refractivity contribution is 0.0767. The molecule has 4 rings (SSSR count). The first kappa shape index (κ1) is 19.9. The van der Waals surface area contributed by atoms with Crippen molar-refractivity contribution in [2.24, 2.45) is 5.92 Å². The summed E-state index contributed by atoms with van der Waals surface area (Å²) in [6, 6.07) is 19.5. The summed E-state index contributed by atoms with van der Waals surface area (Å²) < 4.78 is 1.79. The van der Waals surface area contributed by atoms with E-state index >= 15 is 0 Å². The summed E-state index contributed by atoms with van der Waals surface area (Å²) in [4.78, 5) is 14.9. The monoisotopic (exact) mass is 398 g/mol. The molecule has 5 heteroatoms. The molecule has 1 aliphatic carbocycles. The number of hydrogen-bond donors (Lipinski definition) is 0. The van der Waals surface area contributed by atoms with Crippen LogP contribution in [0.2, 0.25) is 0 Å². The fourth-order valence-corrected chi connectivity index (χ4v) is 4.15. The zero-order valence-corrected chi connectivity index (χ0v) is 17.5. The predicted molar refractivity (Wildman–Crippen MR) is 117 cm³/mol. The van der Waals surface area contributed by atoms with Crippen molar-refractivity contribution in [2.45, 2.75) is 32.6 Å². The van der Waals surface area contributed by atoms with Crippen molar-refractivity contribution in [3.8, 4) is 23.0 Å². The molecule has 152 valence electrons. The van der Waals surface area contributed by atoms with Gasteiger partial charge in [-0.25, -0.2) is 4.68 Å². The van der Waals surface area contributed by atoms with Crippen molar-refractivity contribution >= 4 is 5.91 Å². The fraction of sp³-hybridized carbons (Fsp3) is 0.320. The Morgan fingerprint density at radius 2 is 1.80 bits per heavy atom. The first-order chi connectivity index (χ1) is 14.5. The Morgan fingerprint density at radius 3 is 2.43 bits per heavy atom. The summed E-state index contributed by atoms with van der Waals surface area (Å²) in [5.74, 6) is 0.541. The second-order valence-corrected chi connectivity index (χ2v) is 8.19. The lowest BCUT2D eigenvalue weighted by atomic mass is 10.1. The molecule has 1 amide bonds. The van der Waals surface area contributed by atoms with Gasteiger partial charge < -0.3 is 4.90 Å². The Kier molecular flexibility index (Phi) is 5.67. The Hall–Kier alpha value is -3.39. The molecule has 1 saturated carbocycles. The van der Waals surface area contributed by atoms with Crippen LogP contribution in [0.4, 0.5) is 0 Å². The van der Waals surface area contributed by atoms with E-state index in [1.54, 1.807) is 21.7 Å². The molecular weight excluding hydrogens is 372 g/mol. The van der Waals surface area contributed by atoms with Crippen LogP contribution in [0.5, 0.6) is 0 Å². The van der Waals surface area contributed by atoms with E-state index in [-0.39, 0.29) is 5.91 Å². The third-order valence-electron chi connectivity index (χ3n) is 5.87. The van der Waals surface area contributed by atoms with Gasteiger partial charge in [0, 0.05) is 19.2 Å². The third kappa shape index (κ3) is 4.13. The molecule has 1 fully saturated rings. The van der Waals surface area contributed by atoms with Gasteiger partial charge >= 0.3 is 0 Å². The van der Waals surface area contributed by atoms with Gasteiger partial charge in [-0.15, -0.1) is 0 Å². The largest absolute Gasteiger partial charge is 0.340 e. The molecule has 5 nitrogen and oxygen atoms in total. The fourth-order valence-electron chi connectivity index (χ4n) is 4.15. The quantitative estimate of drug-likeness (QED) is 0.609. The Morgan fingerprint density at radius 1 is 1.13 bits per heavy atom. The zero-order chi connectivity index (χ0) is 21.1. The highest BCUT2D eigenvalue weighted by Crippen LogP contribution is 2.27. The van der Waals surface area contributed by atoms with Gasteiger partial charge in [0.15, 0.2) is 5.69 Å². The minimum absolute atomic E-state index is 0.0531. The van der Waals surface area contributed by atoms with Crippen molar-refractivity contribution in [1.82, 2.24) is 14.7 Å². The molecule has 0 bridgehead atoms. The van der Waals surface area contributed by atoms with Crippen molar-refractivity contribution in [1.29, 1.82) is 5.26 Å². The smallest absolute Gasteiger partial charge is 0.274 e. The molecule has 0 unspecified atom stereocenters. The highest BCUT2D eigenvalue weighted by molar-refractivity contribution is 5.93. The number of aryl methyl sites for hydroxylation is 1. The zero-order valence-electron chi connectivity index (χ0n) is 17.5. The molecule has 0 saturated heterocycles. The van der Waals surface area contributed by atoms with E-state index in [0.717, 1.165) is 23.5 Å². The summed E-state index contributed by atoms with van der Waals surface area (Å²) in [5.41, 5.74) is 4.89. The van der Waals surface area contributed by atoms with Gasteiger partial charge in [0.2, 0.25) is 0 Å². The van der Waals surface area contributed by atoms with Crippen LogP contribution < -0.4 is 0 Å². The number of nitrogens with zero attached hydrogens (tertiary/aromatic N) is 4. The van der Waals surface area contributed by atoms with E-state index in [9.17, 15) is 4.79 Å². The van der Waals surface area contributed by atoms with Gasteiger partial charge in [0.1, 0.15) is 0 Å². The molecule has 1 heterocycles. The summed E-state index contributed by atoms with van der Waals surface area (Å²) in [6.07, 6.45) is 4.92. The summed E-state index contributed by atoms with van der Waals surface area (Å²) in [7, 11) is 1.87. The average molecular weight is 399 g/mol. The summed E-state index contributed by atoms with van der Waals surface area (Å²) in [5, 5.41) is 13.8. The van der Waals surface area contributed by atoms with Gasteiger partial charge in [-0.05, 0) is 56.0 Å². The second-order valence-electron chi connectivity index (χ2n) is 8.19. The van der Waals surface area contributed by atoms with Crippen LogP contribution in [-0.2, 0) is 0 Å². The molecule has 0 N–H and O–H groups in total. The Labute approximate surface area is 177 Å². The standard InChI is InChI=1S/C25H26N4O/c1-18-7-11-21(12-8-18)24-15-23(25(30)28(2)17-20-5-3-4-6-20)27-29(24)22-13-9-19(16-26)10-14-22/h7-15,20H,3-6,17H2,1-2H3. The molecule has 0 radical (unpaired) electrons. The molecule has 0 spiro atoms. The van der Waals surface area contributed by atoms with E-state index in [1.165, 1.54) is 31.2 Å². The van der Waals surface area contributed by atoms with Crippen LogP contribution in [0.25, 0.3) is 16.9 Å². The topological polar surface area (TPSA) is 61.9 Å². The molecule has 0 aliphatic heterocycles. The van der Waals surface area contributed by atoms with E-state index in [0.29, 0.717) is 17.2 Å². The van der Waals surface area contributed by atoms with Crippen LogP contribution in [0.15, 0.2) is 54.6 Å². The third-order valence-corrected chi connectivity index (χ3v) is 5.87. The van der Waals surface area contributed by atoms with Crippen molar-refractivity contribution in [2.75, 3.05) is 13.6 Å². The Bertz CT molecular complexity index is 1070. The minimum atomic E-state index is -0.0531. The molecule has 2 aromatic carbocycles. The molecule has 1 aliphatic rings. The molecule has 1 aromatic heterocycles. The number of carbonyl (C=O) groups is 1. The van der Waals surface area contributed by atoms with Gasteiger partial charge in [0.25, 0.3) is 5.91 Å². The van der Waals surface area contributed by atoms with Gasteiger partial charge in [0.05, 0.1) is 23.0 Å². The lowest BCUT2D eigenvalue weighted by Gasteiger charge is -2.20. The Balaban J connectivity index is 1.70. The number of amides is 1. The van der Waals surface area contributed by atoms with Crippen LogP contribution in [0.3, 0.4) is 0 Å². The van der Waals surface area contributed by atoms with Crippen LogP contribution >= 0.6 is 0 Å². The normalized spacial score (nSPS) is 13.9. The maximum Gasteiger partial charge on any atom is 0.274 e. The first-order valence-electron chi connectivity index (χ1n) is 10.5. The number of aromatic nitrogens is 2. The van der Waals surface area contributed by atoms with E-state index in [4.69, 9.17) is 5.26 Å². The van der Waals surface area contributed by atoms with Gasteiger partial charge in [-0.2, -0.15) is 10.4 Å². The van der Waals surface area contributed by atoms with E-state index in [2.05, 4.69) is 30.2 Å². The van der Waals surface area contributed by atoms with Crippen LogP contribution in [-0.4, -0.2) is 34.2 Å². The maximum absolute atomic E-state index is 13.1. The number of hydrogen-bond acceptors (Lipinski definition) is 3. The SMILES string of the molecule is Cc1ccc(-c2cc(C(=O)N(C)CC3CCCC3)nn2-c2ccc(C#N)cc2)cc1. The van der Waals surface area contributed by atoms with E-state index in [1.807, 2.05) is 37.4 Å². The van der Waals surface area contributed by atoms with Crippen molar-refractivity contribution in [3.05, 3.63) is 71.4 Å². The van der Waals surface area contributed by atoms with Gasteiger partial charge in [-0.1, -0.05) is 42.7 Å². The molecule has 3 aromatic rings. The van der Waals surface area contributed by atoms with Gasteiger partial charge in [-0.3, -0.25) is 4.79 Å². The summed E-state index contributed by atoms with van der Waals surface area (Å²) >= 11 is 0. The number of benzene rings is 2.